The smallest absolute Gasteiger partial charge is 0.332 e. The number of amides is 1. The molecule has 0 bridgehead atoms. The first-order valence-corrected chi connectivity index (χ1v) is 8.51. The Bertz CT molecular complexity index is 998. The fourth-order valence-electron chi connectivity index (χ4n) is 2.17. The Morgan fingerprint density at radius 1 is 0.931 bits per heavy atom. The molecule has 3 rings (SSSR count). The molecule has 0 aliphatic carbocycles. The maximum absolute atomic E-state index is 12.6. The molecule has 1 heterocycles. The second-order valence-electron chi connectivity index (χ2n) is 5.52. The molecule has 0 atom stereocenters. The van der Waals surface area contributed by atoms with Gasteiger partial charge in [-0.1, -0.05) is 0 Å². The van der Waals surface area contributed by atoms with Crippen LogP contribution in [0.5, 0.6) is 0 Å². The standard InChI is InChI=1S/C17H9F6N3O2S/c18-16(19,20)11-5-1-10(2-6-11)14-25-15(26-28-14)24-13(27)9-3-7-12(8-4-9)29-17(21,22)23/h1-8H,(H,24,26,27). The van der Waals surface area contributed by atoms with Crippen molar-refractivity contribution in [2.24, 2.45) is 0 Å². The predicted octanol–water partition coefficient (Wildman–Crippen LogP) is 5.62. The molecule has 0 saturated carbocycles. The van der Waals surface area contributed by atoms with Gasteiger partial charge in [-0.2, -0.15) is 31.3 Å². The largest absolute Gasteiger partial charge is 0.446 e. The molecule has 0 fully saturated rings. The zero-order valence-corrected chi connectivity index (χ0v) is 14.8. The van der Waals surface area contributed by atoms with Crippen molar-refractivity contribution in [1.82, 2.24) is 10.1 Å². The van der Waals surface area contributed by atoms with E-state index in [9.17, 15) is 31.1 Å². The predicted molar refractivity (Wildman–Crippen MR) is 91.0 cm³/mol. The monoisotopic (exact) mass is 433 g/mol. The molecule has 0 radical (unpaired) electrons. The summed E-state index contributed by atoms with van der Waals surface area (Å²) in [6, 6.07) is 8.63. The maximum Gasteiger partial charge on any atom is 0.446 e. The number of thioether (sulfide) groups is 1. The lowest BCUT2D eigenvalue weighted by molar-refractivity contribution is -0.137. The summed E-state index contributed by atoms with van der Waals surface area (Å²) in [5, 5.41) is 5.79. The molecule has 1 amide bonds. The third-order valence-electron chi connectivity index (χ3n) is 3.46. The summed E-state index contributed by atoms with van der Waals surface area (Å²) in [5.41, 5.74) is -5.03. The van der Waals surface area contributed by atoms with Crippen LogP contribution in [0.1, 0.15) is 15.9 Å². The van der Waals surface area contributed by atoms with Crippen molar-refractivity contribution in [3.8, 4) is 11.5 Å². The number of benzene rings is 2. The Kier molecular flexibility index (Phi) is 5.55. The van der Waals surface area contributed by atoms with E-state index in [2.05, 4.69) is 15.5 Å². The van der Waals surface area contributed by atoms with Gasteiger partial charge in [0.25, 0.3) is 17.7 Å². The fraction of sp³-hybridized carbons (Fsp3) is 0.118. The van der Waals surface area contributed by atoms with Gasteiger partial charge < -0.3 is 4.52 Å². The maximum atomic E-state index is 12.6. The van der Waals surface area contributed by atoms with E-state index in [4.69, 9.17) is 4.52 Å². The number of halogens is 6. The lowest BCUT2D eigenvalue weighted by atomic mass is 10.1. The summed E-state index contributed by atoms with van der Waals surface area (Å²) < 4.78 is 79.6. The van der Waals surface area contributed by atoms with Crippen LogP contribution < -0.4 is 5.32 Å². The number of nitrogens with one attached hydrogen (secondary N) is 1. The van der Waals surface area contributed by atoms with Gasteiger partial charge in [-0.25, -0.2) is 0 Å². The highest BCUT2D eigenvalue weighted by Gasteiger charge is 2.30. The van der Waals surface area contributed by atoms with Gasteiger partial charge in [0.1, 0.15) is 0 Å². The van der Waals surface area contributed by atoms with Crippen LogP contribution in [0.4, 0.5) is 32.3 Å². The number of aromatic nitrogens is 2. The minimum absolute atomic E-state index is 0.0532. The lowest BCUT2D eigenvalue weighted by Gasteiger charge is -2.06. The molecule has 0 aliphatic heterocycles. The second kappa shape index (κ2) is 7.78. The van der Waals surface area contributed by atoms with Crippen LogP contribution in [0, 0.1) is 0 Å². The first-order chi connectivity index (χ1) is 13.5. The average Bonchev–Trinajstić information content (AvgIpc) is 3.09. The molecular weight excluding hydrogens is 424 g/mol. The number of alkyl halides is 6. The molecule has 3 aromatic rings. The van der Waals surface area contributed by atoms with Crippen LogP contribution in [-0.2, 0) is 6.18 Å². The Labute approximate surface area is 163 Å². The topological polar surface area (TPSA) is 68.0 Å². The van der Waals surface area contributed by atoms with Crippen LogP contribution in [-0.4, -0.2) is 21.6 Å². The van der Waals surface area contributed by atoms with Crippen LogP contribution >= 0.6 is 11.8 Å². The van der Waals surface area contributed by atoms with E-state index in [0.717, 1.165) is 36.4 Å². The second-order valence-corrected chi connectivity index (χ2v) is 6.66. The number of carbonyl (C=O) groups excluding carboxylic acids is 1. The Balaban J connectivity index is 1.67. The zero-order chi connectivity index (χ0) is 21.2. The van der Waals surface area contributed by atoms with Gasteiger partial charge in [-0.15, -0.1) is 0 Å². The number of hydrogen-bond donors (Lipinski definition) is 1. The first kappa shape index (κ1) is 20.7. The van der Waals surface area contributed by atoms with Crippen molar-refractivity contribution in [1.29, 1.82) is 0 Å². The molecule has 29 heavy (non-hydrogen) atoms. The molecule has 0 aliphatic rings. The van der Waals surface area contributed by atoms with Crippen molar-refractivity contribution >= 4 is 23.6 Å². The summed E-state index contributed by atoms with van der Waals surface area (Å²) in [5.74, 6) is -1.07. The van der Waals surface area contributed by atoms with Crippen molar-refractivity contribution in [3.63, 3.8) is 0 Å². The molecular formula is C17H9F6N3O2S. The Morgan fingerprint density at radius 2 is 1.55 bits per heavy atom. The zero-order valence-electron chi connectivity index (χ0n) is 14.0. The minimum atomic E-state index is -4.49. The third-order valence-corrected chi connectivity index (χ3v) is 4.20. The lowest BCUT2D eigenvalue weighted by Crippen LogP contribution is -2.12. The molecule has 12 heteroatoms. The van der Waals surface area contributed by atoms with Gasteiger partial charge >= 0.3 is 11.7 Å². The summed E-state index contributed by atoms with van der Waals surface area (Å²) in [4.78, 5) is 15.9. The summed E-state index contributed by atoms with van der Waals surface area (Å²) in [7, 11) is 0. The van der Waals surface area contributed by atoms with Crippen LogP contribution in [0.2, 0.25) is 0 Å². The normalized spacial score (nSPS) is 12.1. The highest BCUT2D eigenvalue weighted by molar-refractivity contribution is 8.00. The summed E-state index contributed by atoms with van der Waals surface area (Å²) >= 11 is -0.313. The number of hydrogen-bond acceptors (Lipinski definition) is 5. The van der Waals surface area contributed by atoms with Crippen LogP contribution in [0.3, 0.4) is 0 Å². The van der Waals surface area contributed by atoms with E-state index in [1.807, 2.05) is 0 Å². The fourth-order valence-corrected chi connectivity index (χ4v) is 2.71. The third kappa shape index (κ3) is 5.50. The molecule has 0 unspecified atom stereocenters. The van der Waals surface area contributed by atoms with Crippen LogP contribution in [0.15, 0.2) is 57.9 Å². The highest BCUT2D eigenvalue weighted by atomic mass is 32.2. The van der Waals surface area contributed by atoms with Gasteiger partial charge in [0.2, 0.25) is 0 Å². The Morgan fingerprint density at radius 3 is 2.10 bits per heavy atom. The van der Waals surface area contributed by atoms with Crippen molar-refractivity contribution in [3.05, 3.63) is 59.7 Å². The van der Waals surface area contributed by atoms with Crippen molar-refractivity contribution in [2.45, 2.75) is 16.6 Å². The number of nitrogens with zero attached hydrogens (tertiary/aromatic N) is 2. The van der Waals surface area contributed by atoms with Gasteiger partial charge in [-0.05, 0) is 65.4 Å². The highest BCUT2D eigenvalue weighted by Crippen LogP contribution is 2.36. The number of rotatable bonds is 4. The van der Waals surface area contributed by atoms with E-state index >= 15 is 0 Å². The Hall–Kier alpha value is -3.02. The molecule has 152 valence electrons. The van der Waals surface area contributed by atoms with E-state index < -0.39 is 23.2 Å². The van der Waals surface area contributed by atoms with Gasteiger partial charge in [-0.3, -0.25) is 10.1 Å². The molecule has 0 saturated heterocycles. The van der Waals surface area contributed by atoms with Gasteiger partial charge in [0.15, 0.2) is 0 Å². The average molecular weight is 433 g/mol. The molecule has 1 N–H and O–H groups in total. The number of anilines is 1. The first-order valence-electron chi connectivity index (χ1n) is 7.70. The summed E-state index contributed by atoms with van der Waals surface area (Å²) in [6.45, 7) is 0. The molecule has 1 aromatic heterocycles. The SMILES string of the molecule is O=C(Nc1noc(-c2ccc(C(F)(F)F)cc2)n1)c1ccc(SC(F)(F)F)cc1. The van der Waals surface area contributed by atoms with Crippen LogP contribution in [0.25, 0.3) is 11.5 Å². The minimum Gasteiger partial charge on any atom is -0.332 e. The van der Waals surface area contributed by atoms with Crippen molar-refractivity contribution < 1.29 is 35.7 Å². The van der Waals surface area contributed by atoms with Gasteiger partial charge in [0.05, 0.1) is 5.56 Å². The molecule has 0 spiro atoms. The van der Waals surface area contributed by atoms with E-state index in [-0.39, 0.29) is 39.6 Å². The van der Waals surface area contributed by atoms with E-state index in [1.54, 1.807) is 0 Å². The van der Waals surface area contributed by atoms with E-state index in [0.29, 0.717) is 0 Å². The quantitative estimate of drug-likeness (QED) is 0.427. The van der Waals surface area contributed by atoms with E-state index in [1.165, 1.54) is 12.1 Å². The molecule has 5 nitrogen and oxygen atoms in total. The molecule has 2 aromatic carbocycles. The van der Waals surface area contributed by atoms with Crippen molar-refractivity contribution in [2.75, 3.05) is 5.32 Å². The summed E-state index contributed by atoms with van der Waals surface area (Å²) in [6.07, 6.45) is -4.49. The number of carbonyl (C=O) groups is 1. The van der Waals surface area contributed by atoms with Gasteiger partial charge in [0, 0.05) is 16.0 Å².